The van der Waals surface area contributed by atoms with Gasteiger partial charge >= 0.3 is 0 Å². The molecule has 3 heteroatoms. The summed E-state index contributed by atoms with van der Waals surface area (Å²) >= 11 is 0. The summed E-state index contributed by atoms with van der Waals surface area (Å²) in [7, 11) is 0. The number of hydrogen-bond acceptors (Lipinski definition) is 3. The molecule has 1 fully saturated rings. The van der Waals surface area contributed by atoms with Crippen LogP contribution >= 0.6 is 0 Å². The van der Waals surface area contributed by atoms with Gasteiger partial charge in [0.1, 0.15) is 0 Å². The molecule has 1 saturated heterocycles. The van der Waals surface area contributed by atoms with E-state index in [1.165, 1.54) is 43.0 Å². The second-order valence-corrected chi connectivity index (χ2v) is 5.80. The van der Waals surface area contributed by atoms with E-state index in [0.29, 0.717) is 12.0 Å². The highest BCUT2D eigenvalue weighted by molar-refractivity contribution is 5.76. The van der Waals surface area contributed by atoms with Crippen molar-refractivity contribution in [1.29, 1.82) is 0 Å². The van der Waals surface area contributed by atoms with E-state index in [9.17, 15) is 0 Å². The molecule has 0 bridgehead atoms. The van der Waals surface area contributed by atoms with Crippen molar-refractivity contribution in [2.75, 3.05) is 35.2 Å². The molecule has 98 valence electrons. The first-order valence-electron chi connectivity index (χ1n) is 7.13. The summed E-state index contributed by atoms with van der Waals surface area (Å²) in [5.41, 5.74) is 3.88. The Labute approximate surface area is 110 Å². The summed E-state index contributed by atoms with van der Waals surface area (Å²) in [6.45, 7) is 7.97. The van der Waals surface area contributed by atoms with E-state index < -0.39 is 0 Å². The first-order valence-corrected chi connectivity index (χ1v) is 7.13. The molecule has 2 N–H and O–H groups in total. The van der Waals surface area contributed by atoms with Gasteiger partial charge in [-0.25, -0.2) is 0 Å². The highest BCUT2D eigenvalue weighted by Gasteiger charge is 2.21. The quantitative estimate of drug-likeness (QED) is 0.838. The third kappa shape index (κ3) is 2.14. The van der Waals surface area contributed by atoms with Gasteiger partial charge < -0.3 is 15.5 Å². The Kier molecular flexibility index (Phi) is 3.06. The normalized spacial score (nSPS) is 22.6. The lowest BCUT2D eigenvalue weighted by atomic mass is 10.0. The fourth-order valence-corrected chi connectivity index (χ4v) is 2.85. The minimum Gasteiger partial charge on any atom is -0.381 e. The Morgan fingerprint density at radius 2 is 1.94 bits per heavy atom. The minimum atomic E-state index is 0.537. The Balaban J connectivity index is 1.80. The van der Waals surface area contributed by atoms with E-state index in [4.69, 9.17) is 0 Å². The van der Waals surface area contributed by atoms with Gasteiger partial charge in [0, 0.05) is 31.4 Å². The number of fused-ring (bicyclic) bond motifs is 1. The number of nitrogens with one attached hydrogen (secondary N) is 2. The van der Waals surface area contributed by atoms with Crippen LogP contribution < -0.4 is 15.5 Å². The summed E-state index contributed by atoms with van der Waals surface area (Å²) in [5, 5.41) is 7.20. The van der Waals surface area contributed by atoms with Gasteiger partial charge in [-0.3, -0.25) is 0 Å². The van der Waals surface area contributed by atoms with Crippen molar-refractivity contribution in [2.45, 2.75) is 32.7 Å². The molecule has 0 spiro atoms. The zero-order valence-electron chi connectivity index (χ0n) is 11.4. The molecule has 0 aromatic heterocycles. The largest absolute Gasteiger partial charge is 0.381 e. The lowest BCUT2D eigenvalue weighted by molar-refractivity contribution is 0.536. The van der Waals surface area contributed by atoms with E-state index >= 15 is 0 Å². The van der Waals surface area contributed by atoms with Crippen LogP contribution in [0.4, 0.5) is 17.1 Å². The topological polar surface area (TPSA) is 27.3 Å². The van der Waals surface area contributed by atoms with Gasteiger partial charge in [-0.1, -0.05) is 13.8 Å². The van der Waals surface area contributed by atoms with Crippen LogP contribution in [0.5, 0.6) is 0 Å². The molecule has 1 aromatic rings. The maximum Gasteiger partial charge on any atom is 0.0597 e. The highest BCUT2D eigenvalue weighted by atomic mass is 15.1. The average Bonchev–Trinajstić information content (AvgIpc) is 2.91. The average molecular weight is 245 g/mol. The van der Waals surface area contributed by atoms with Crippen molar-refractivity contribution in [3.8, 4) is 0 Å². The molecule has 2 aliphatic rings. The molecule has 0 unspecified atom stereocenters. The summed E-state index contributed by atoms with van der Waals surface area (Å²) in [4.78, 5) is 2.48. The SMILES string of the molecule is CC(C)[C@H]1CNc2cc(N3CCCC3)ccc2N1. The molecule has 2 heterocycles. The van der Waals surface area contributed by atoms with Crippen molar-refractivity contribution in [1.82, 2.24) is 0 Å². The van der Waals surface area contributed by atoms with Crippen LogP contribution in [0.3, 0.4) is 0 Å². The van der Waals surface area contributed by atoms with Crippen LogP contribution in [0.25, 0.3) is 0 Å². The molecular weight excluding hydrogens is 222 g/mol. The fraction of sp³-hybridized carbons (Fsp3) is 0.600. The van der Waals surface area contributed by atoms with Crippen LogP contribution in [0.15, 0.2) is 18.2 Å². The summed E-state index contributed by atoms with van der Waals surface area (Å²) in [6.07, 6.45) is 2.66. The third-order valence-electron chi connectivity index (χ3n) is 4.13. The van der Waals surface area contributed by atoms with Crippen molar-refractivity contribution in [2.24, 2.45) is 5.92 Å². The Morgan fingerprint density at radius 3 is 2.67 bits per heavy atom. The minimum absolute atomic E-state index is 0.537. The van der Waals surface area contributed by atoms with E-state index in [1.807, 2.05) is 0 Å². The first kappa shape index (κ1) is 11.7. The molecule has 1 atom stereocenters. The summed E-state index contributed by atoms with van der Waals surface area (Å²) in [5.74, 6) is 0.656. The predicted molar refractivity (Wildman–Crippen MR) is 78.6 cm³/mol. The Hall–Kier alpha value is -1.38. The second-order valence-electron chi connectivity index (χ2n) is 5.80. The molecule has 3 rings (SSSR count). The van der Waals surface area contributed by atoms with Crippen molar-refractivity contribution < 1.29 is 0 Å². The predicted octanol–water partition coefficient (Wildman–Crippen LogP) is 3.15. The van der Waals surface area contributed by atoms with Gasteiger partial charge in [-0.05, 0) is 37.0 Å². The van der Waals surface area contributed by atoms with E-state index in [2.05, 4.69) is 47.6 Å². The third-order valence-corrected chi connectivity index (χ3v) is 4.13. The van der Waals surface area contributed by atoms with Crippen molar-refractivity contribution in [3.05, 3.63) is 18.2 Å². The molecule has 0 radical (unpaired) electrons. The number of hydrogen-bond donors (Lipinski definition) is 2. The second kappa shape index (κ2) is 4.71. The smallest absolute Gasteiger partial charge is 0.0597 e. The lowest BCUT2D eigenvalue weighted by Crippen LogP contribution is -2.37. The van der Waals surface area contributed by atoms with Crippen LogP contribution in [0.2, 0.25) is 0 Å². The molecule has 0 amide bonds. The fourth-order valence-electron chi connectivity index (χ4n) is 2.85. The number of rotatable bonds is 2. The van der Waals surface area contributed by atoms with Crippen LogP contribution in [0.1, 0.15) is 26.7 Å². The van der Waals surface area contributed by atoms with E-state index in [0.717, 1.165) is 6.54 Å². The van der Waals surface area contributed by atoms with E-state index in [1.54, 1.807) is 0 Å². The molecule has 3 nitrogen and oxygen atoms in total. The van der Waals surface area contributed by atoms with Gasteiger partial charge in [0.2, 0.25) is 0 Å². The maximum atomic E-state index is 3.63. The van der Waals surface area contributed by atoms with Crippen LogP contribution in [-0.2, 0) is 0 Å². The Morgan fingerprint density at radius 1 is 1.17 bits per heavy atom. The van der Waals surface area contributed by atoms with Gasteiger partial charge in [0.05, 0.1) is 11.4 Å². The first-order chi connectivity index (χ1) is 8.74. The summed E-state index contributed by atoms with van der Waals surface area (Å²) in [6, 6.07) is 7.31. The van der Waals surface area contributed by atoms with Crippen molar-refractivity contribution >= 4 is 17.1 Å². The van der Waals surface area contributed by atoms with Crippen molar-refractivity contribution in [3.63, 3.8) is 0 Å². The number of benzene rings is 1. The highest BCUT2D eigenvalue weighted by Crippen LogP contribution is 2.33. The van der Waals surface area contributed by atoms with E-state index in [-0.39, 0.29) is 0 Å². The van der Waals surface area contributed by atoms with Crippen LogP contribution in [-0.4, -0.2) is 25.7 Å². The molecule has 0 aliphatic carbocycles. The summed E-state index contributed by atoms with van der Waals surface area (Å²) < 4.78 is 0. The standard InChI is InChI=1S/C15H23N3/c1-11(2)15-10-16-14-9-12(5-6-13(14)17-15)18-7-3-4-8-18/h5-6,9,11,15-17H,3-4,7-8,10H2,1-2H3/t15-/m1/s1. The lowest BCUT2D eigenvalue weighted by Gasteiger charge is -2.32. The molecule has 18 heavy (non-hydrogen) atoms. The van der Waals surface area contributed by atoms with Gasteiger partial charge in [-0.15, -0.1) is 0 Å². The van der Waals surface area contributed by atoms with Crippen LogP contribution in [0, 0.1) is 5.92 Å². The van der Waals surface area contributed by atoms with Gasteiger partial charge in [0.25, 0.3) is 0 Å². The number of anilines is 3. The maximum absolute atomic E-state index is 3.63. The van der Waals surface area contributed by atoms with Gasteiger partial charge in [-0.2, -0.15) is 0 Å². The molecule has 2 aliphatic heterocycles. The van der Waals surface area contributed by atoms with Gasteiger partial charge in [0.15, 0.2) is 0 Å². The molecule has 0 saturated carbocycles. The zero-order chi connectivity index (χ0) is 12.5. The Bertz CT molecular complexity index is 422. The number of nitrogens with zero attached hydrogens (tertiary/aromatic N) is 1. The zero-order valence-corrected chi connectivity index (χ0v) is 11.4. The molecular formula is C15H23N3. The molecule has 1 aromatic carbocycles. The monoisotopic (exact) mass is 245 g/mol.